The molecule has 25 heavy (non-hydrogen) atoms. The van der Waals surface area contributed by atoms with Gasteiger partial charge in [0, 0.05) is 0 Å². The fraction of sp³-hybridized carbons (Fsp3) is 0.533. The van der Waals surface area contributed by atoms with Crippen LogP contribution >= 0.6 is 11.8 Å². The van der Waals surface area contributed by atoms with Crippen LogP contribution in [0.25, 0.3) is 0 Å². The van der Waals surface area contributed by atoms with Crippen molar-refractivity contribution in [3.05, 3.63) is 35.4 Å². The zero-order chi connectivity index (χ0) is 17.7. The Labute approximate surface area is 178 Å². The van der Waals surface area contributed by atoms with E-state index in [9.17, 15) is 25.2 Å². The molecule has 0 aromatic heterocycles. The molecule has 0 radical (unpaired) electrons. The fourth-order valence-electron chi connectivity index (χ4n) is 2.22. The Morgan fingerprint density at radius 3 is 2.36 bits per heavy atom. The van der Waals surface area contributed by atoms with Crippen LogP contribution in [-0.2, 0) is 10.5 Å². The molecule has 0 spiro atoms. The SMILES string of the molecule is O=C([O-])c1ccc(CSC[Se]C2OC(CO)C(O)C(O)C2O)cc1.[Na+]. The maximum Gasteiger partial charge on any atom is 1.00 e. The third-order valence-electron chi connectivity index (χ3n) is 3.62. The molecule has 0 amide bonds. The number of ether oxygens (including phenoxy) is 1. The van der Waals surface area contributed by atoms with E-state index in [-0.39, 0.29) is 50.1 Å². The molecule has 1 aliphatic rings. The third kappa shape index (κ3) is 6.48. The number of aliphatic hydroxyl groups is 4. The van der Waals surface area contributed by atoms with Crippen LogP contribution in [-0.4, -0.2) is 82.0 Å². The second-order valence-electron chi connectivity index (χ2n) is 5.31. The zero-order valence-electron chi connectivity index (χ0n) is 13.6. The van der Waals surface area contributed by atoms with Crippen molar-refractivity contribution in [2.75, 3.05) is 11.3 Å². The molecule has 0 aliphatic carbocycles. The Morgan fingerprint density at radius 2 is 1.80 bits per heavy atom. The molecule has 7 nitrogen and oxygen atoms in total. The smallest absolute Gasteiger partial charge is 1.00 e. The molecule has 5 unspecified atom stereocenters. The van der Waals surface area contributed by atoms with Gasteiger partial charge in [0.1, 0.15) is 0 Å². The normalized spacial score (nSPS) is 29.0. The Bertz CT molecular complexity index is 545. The minimum atomic E-state index is -1.33. The van der Waals surface area contributed by atoms with Crippen molar-refractivity contribution in [3.8, 4) is 0 Å². The Kier molecular flexibility index (Phi) is 10.5. The van der Waals surface area contributed by atoms with Crippen LogP contribution in [0.1, 0.15) is 15.9 Å². The number of benzene rings is 1. The van der Waals surface area contributed by atoms with Gasteiger partial charge in [0.05, 0.1) is 0 Å². The molecule has 2 rings (SSSR count). The molecule has 134 valence electrons. The van der Waals surface area contributed by atoms with Gasteiger partial charge in [0.2, 0.25) is 0 Å². The molecular weight excluding hydrogens is 426 g/mol. The van der Waals surface area contributed by atoms with Gasteiger partial charge < -0.3 is 0 Å². The number of thioether (sulfide) groups is 1. The van der Waals surface area contributed by atoms with E-state index >= 15 is 0 Å². The molecule has 10 heteroatoms. The molecule has 0 saturated carbocycles. The van der Waals surface area contributed by atoms with E-state index in [0.717, 1.165) is 5.56 Å². The van der Waals surface area contributed by atoms with Crippen molar-refractivity contribution in [2.24, 2.45) is 0 Å². The predicted molar refractivity (Wildman–Crippen MR) is 86.5 cm³/mol. The van der Waals surface area contributed by atoms with Gasteiger partial charge in [-0.05, 0) is 0 Å². The van der Waals surface area contributed by atoms with Crippen molar-refractivity contribution >= 4 is 32.7 Å². The summed E-state index contributed by atoms with van der Waals surface area (Å²) >= 11 is 1.43. The molecule has 1 heterocycles. The van der Waals surface area contributed by atoms with Crippen LogP contribution in [0, 0.1) is 0 Å². The zero-order valence-corrected chi connectivity index (χ0v) is 18.2. The van der Waals surface area contributed by atoms with Crippen LogP contribution in [0.5, 0.6) is 0 Å². The number of carboxylic acid groups (broad SMARTS) is 1. The summed E-state index contributed by atoms with van der Waals surface area (Å²) in [6, 6.07) is 6.43. The van der Waals surface area contributed by atoms with Crippen molar-refractivity contribution in [1.29, 1.82) is 0 Å². The maximum absolute atomic E-state index is 10.7. The molecule has 1 saturated heterocycles. The number of hydrogen-bond donors (Lipinski definition) is 4. The topological polar surface area (TPSA) is 130 Å². The van der Waals surface area contributed by atoms with Gasteiger partial charge >= 0.3 is 179 Å². The van der Waals surface area contributed by atoms with Gasteiger partial charge in [0.25, 0.3) is 0 Å². The van der Waals surface area contributed by atoms with Crippen LogP contribution in [0.15, 0.2) is 24.3 Å². The Balaban J connectivity index is 0.00000312. The molecule has 1 aromatic carbocycles. The van der Waals surface area contributed by atoms with Crippen LogP contribution in [0.4, 0.5) is 0 Å². The van der Waals surface area contributed by atoms with E-state index in [1.807, 2.05) is 0 Å². The number of hydrogen-bond acceptors (Lipinski definition) is 8. The number of aromatic carboxylic acids is 1. The summed E-state index contributed by atoms with van der Waals surface area (Å²) in [5.41, 5.74) is 1.10. The standard InChI is InChI=1S/C15H20O7SSe.Na/c16-5-10-11(17)12(18)13(19)15(22-10)24-7-23-6-8-1-3-9(4-2-8)14(20)21;/h1-4,10-13,15-19H,5-7H2,(H,20,21);/q;+1/p-1. The second-order valence-corrected chi connectivity index (χ2v) is 9.40. The van der Waals surface area contributed by atoms with Crippen LogP contribution in [0.2, 0.25) is 0 Å². The van der Waals surface area contributed by atoms with E-state index in [1.165, 1.54) is 12.1 Å². The average molecular weight is 445 g/mol. The second kappa shape index (κ2) is 11.3. The molecule has 1 aliphatic heterocycles. The van der Waals surface area contributed by atoms with Gasteiger partial charge in [-0.15, -0.1) is 0 Å². The molecule has 5 atom stereocenters. The summed E-state index contributed by atoms with van der Waals surface area (Å²) in [6.07, 6.45) is -4.69. The van der Waals surface area contributed by atoms with E-state index in [2.05, 4.69) is 0 Å². The summed E-state index contributed by atoms with van der Waals surface area (Å²) in [6.45, 7) is -0.421. The monoisotopic (exact) mass is 446 g/mol. The van der Waals surface area contributed by atoms with Gasteiger partial charge in [-0.25, -0.2) is 0 Å². The van der Waals surface area contributed by atoms with Gasteiger partial charge in [-0.3, -0.25) is 0 Å². The number of rotatable bonds is 7. The van der Waals surface area contributed by atoms with E-state index in [1.54, 1.807) is 23.9 Å². The molecule has 1 aromatic rings. The van der Waals surface area contributed by atoms with Gasteiger partial charge in [-0.1, -0.05) is 0 Å². The summed E-state index contributed by atoms with van der Waals surface area (Å²) in [5, 5.41) is 48.6. The first-order chi connectivity index (χ1) is 11.4. The minimum Gasteiger partial charge on any atom is 1.00 e. The van der Waals surface area contributed by atoms with E-state index < -0.39 is 42.0 Å². The predicted octanol–water partition coefficient (Wildman–Crippen LogP) is -5.25. The third-order valence-corrected chi connectivity index (χ3v) is 7.88. The molecule has 4 N–H and O–H groups in total. The Hall–Kier alpha value is 0.359. The Morgan fingerprint density at radius 1 is 1.16 bits per heavy atom. The van der Waals surface area contributed by atoms with E-state index in [0.29, 0.717) is 10.4 Å². The summed E-state index contributed by atoms with van der Waals surface area (Å²) in [7, 11) is 0. The minimum absolute atomic E-state index is 0. The molecule has 1 fully saturated rings. The summed E-state index contributed by atoms with van der Waals surface area (Å²) in [4.78, 5) is 10.7. The average Bonchev–Trinajstić information content (AvgIpc) is 2.58. The molecule has 0 bridgehead atoms. The van der Waals surface area contributed by atoms with Crippen molar-refractivity contribution in [3.63, 3.8) is 0 Å². The van der Waals surface area contributed by atoms with Crippen LogP contribution in [0.3, 0.4) is 0 Å². The number of carbonyl (C=O) groups excluding carboxylic acids is 1. The van der Waals surface area contributed by atoms with Crippen molar-refractivity contribution < 1.29 is 64.6 Å². The molecular formula is C15H19NaO7SSe. The van der Waals surface area contributed by atoms with Gasteiger partial charge in [0.15, 0.2) is 0 Å². The summed E-state index contributed by atoms with van der Waals surface area (Å²) < 4.78 is 6.15. The first-order valence-electron chi connectivity index (χ1n) is 7.24. The first-order valence-corrected chi connectivity index (χ1v) is 10.6. The number of carbonyl (C=O) groups is 1. The first kappa shape index (κ1) is 23.4. The van der Waals surface area contributed by atoms with Crippen molar-refractivity contribution in [1.82, 2.24) is 0 Å². The maximum atomic E-state index is 10.7. The number of aliphatic hydroxyl groups excluding tert-OH is 4. The quantitative estimate of drug-likeness (QED) is 0.242. The largest absolute Gasteiger partial charge is 1.00 e. The van der Waals surface area contributed by atoms with E-state index in [4.69, 9.17) is 9.84 Å². The van der Waals surface area contributed by atoms with Crippen LogP contribution < -0.4 is 34.7 Å². The number of carboxylic acids is 1. The summed E-state index contributed by atoms with van der Waals surface area (Å²) in [5.74, 6) is -0.535. The fourth-order valence-corrected chi connectivity index (χ4v) is 6.15. The van der Waals surface area contributed by atoms with Gasteiger partial charge in [-0.2, -0.15) is 0 Å². The van der Waals surface area contributed by atoms with Crippen molar-refractivity contribution in [2.45, 2.75) is 35.2 Å².